The fourth-order valence-corrected chi connectivity index (χ4v) is 3.90. The van der Waals surface area contributed by atoms with Crippen molar-refractivity contribution in [3.63, 3.8) is 0 Å². The van der Waals surface area contributed by atoms with Crippen molar-refractivity contribution in [2.75, 3.05) is 0 Å². The predicted molar refractivity (Wildman–Crippen MR) is 91.9 cm³/mol. The Morgan fingerprint density at radius 3 is 2.57 bits per heavy atom. The summed E-state index contributed by atoms with van der Waals surface area (Å²) < 4.78 is 3.03. The van der Waals surface area contributed by atoms with E-state index in [4.69, 9.17) is 28.2 Å². The van der Waals surface area contributed by atoms with E-state index in [0.29, 0.717) is 0 Å². The Morgan fingerprint density at radius 1 is 1.19 bits per heavy atom. The van der Waals surface area contributed by atoms with Gasteiger partial charge in [-0.2, -0.15) is 0 Å². The van der Waals surface area contributed by atoms with Gasteiger partial charge in [0.05, 0.1) is 26.8 Å². The topological polar surface area (TPSA) is 17.8 Å². The summed E-state index contributed by atoms with van der Waals surface area (Å²) in [6.45, 7) is 6.20. The summed E-state index contributed by atoms with van der Waals surface area (Å²) in [5.74, 6) is 0.901. The molecule has 2 nitrogen and oxygen atoms in total. The van der Waals surface area contributed by atoms with Crippen molar-refractivity contribution in [3.05, 3.63) is 50.9 Å². The molecule has 21 heavy (non-hydrogen) atoms. The standard InChI is InChI=1S/C16H16Cl2N2S/c1-9-5-4-6-12-15(9)19-16(10(2)17)20(12)11(3)13-7-8-14(18)21-13/h4-8,10-11H,1-3H3. The van der Waals surface area contributed by atoms with E-state index in [9.17, 15) is 0 Å². The van der Waals surface area contributed by atoms with Crippen LogP contribution in [-0.4, -0.2) is 9.55 Å². The van der Waals surface area contributed by atoms with E-state index in [1.807, 2.05) is 13.0 Å². The second-order valence-electron chi connectivity index (χ2n) is 5.22. The molecular formula is C16H16Cl2N2S. The summed E-state index contributed by atoms with van der Waals surface area (Å²) in [6.07, 6.45) is 0. The van der Waals surface area contributed by atoms with E-state index in [1.165, 1.54) is 10.4 Å². The number of alkyl halides is 1. The van der Waals surface area contributed by atoms with Gasteiger partial charge in [0.25, 0.3) is 0 Å². The summed E-state index contributed by atoms with van der Waals surface area (Å²) in [5, 5.41) is -0.144. The molecule has 0 amide bonds. The van der Waals surface area contributed by atoms with Crippen LogP contribution < -0.4 is 0 Å². The van der Waals surface area contributed by atoms with Crippen LogP contribution in [0.2, 0.25) is 4.34 Å². The largest absolute Gasteiger partial charge is 0.319 e. The smallest absolute Gasteiger partial charge is 0.128 e. The third-order valence-electron chi connectivity index (χ3n) is 3.70. The molecule has 1 aromatic carbocycles. The molecule has 2 heterocycles. The molecule has 0 saturated carbocycles. The van der Waals surface area contributed by atoms with Crippen molar-refractivity contribution in [1.29, 1.82) is 0 Å². The first-order valence-corrected chi connectivity index (χ1v) is 8.49. The van der Waals surface area contributed by atoms with Crippen LogP contribution in [0.1, 0.15) is 41.5 Å². The molecule has 0 saturated heterocycles. The highest BCUT2D eigenvalue weighted by molar-refractivity contribution is 7.16. The predicted octanol–water partition coefficient (Wildman–Crippen LogP) is 5.97. The molecule has 2 aromatic heterocycles. The molecule has 0 aliphatic rings. The number of fused-ring (bicyclic) bond motifs is 1. The first-order valence-electron chi connectivity index (χ1n) is 6.85. The van der Waals surface area contributed by atoms with Crippen LogP contribution >= 0.6 is 34.5 Å². The van der Waals surface area contributed by atoms with Gasteiger partial charge in [-0.25, -0.2) is 4.98 Å². The fraction of sp³-hybridized carbons (Fsp3) is 0.312. The summed E-state index contributed by atoms with van der Waals surface area (Å²) >= 11 is 14.0. The molecule has 0 aliphatic heterocycles. The van der Waals surface area contributed by atoms with Gasteiger partial charge in [0.1, 0.15) is 5.82 Å². The van der Waals surface area contributed by atoms with Crippen molar-refractivity contribution in [3.8, 4) is 0 Å². The average molecular weight is 339 g/mol. The zero-order chi connectivity index (χ0) is 15.1. The molecule has 3 rings (SSSR count). The Labute approximate surface area is 138 Å². The van der Waals surface area contributed by atoms with Gasteiger partial charge < -0.3 is 4.57 Å². The molecule has 2 atom stereocenters. The summed E-state index contributed by atoms with van der Waals surface area (Å²) in [6, 6.07) is 10.4. The van der Waals surface area contributed by atoms with Gasteiger partial charge in [-0.05, 0) is 44.5 Å². The van der Waals surface area contributed by atoms with Crippen LogP contribution in [0.3, 0.4) is 0 Å². The Bertz CT molecular complexity index is 789. The zero-order valence-corrected chi connectivity index (χ0v) is 14.4. The summed E-state index contributed by atoms with van der Waals surface area (Å²) in [4.78, 5) is 5.98. The number of para-hydroxylation sites is 1. The van der Waals surface area contributed by atoms with Crippen LogP contribution in [0.15, 0.2) is 30.3 Å². The lowest BCUT2D eigenvalue weighted by molar-refractivity contribution is 0.628. The van der Waals surface area contributed by atoms with Gasteiger partial charge in [0.2, 0.25) is 0 Å². The van der Waals surface area contributed by atoms with Gasteiger partial charge >= 0.3 is 0 Å². The minimum atomic E-state index is -0.144. The number of rotatable bonds is 3. The minimum absolute atomic E-state index is 0.144. The third kappa shape index (κ3) is 2.59. The van der Waals surface area contributed by atoms with Crippen LogP contribution in [-0.2, 0) is 0 Å². The number of hydrogen-bond acceptors (Lipinski definition) is 2. The SMILES string of the molecule is Cc1cccc2c1nc(C(C)Cl)n2C(C)c1ccc(Cl)s1. The second kappa shape index (κ2) is 5.64. The highest BCUT2D eigenvalue weighted by Gasteiger charge is 2.21. The number of benzene rings is 1. The van der Waals surface area contributed by atoms with Crippen LogP contribution in [0.5, 0.6) is 0 Å². The lowest BCUT2D eigenvalue weighted by Crippen LogP contribution is -2.10. The fourth-order valence-electron chi connectivity index (χ4n) is 2.64. The number of thiophene rings is 1. The van der Waals surface area contributed by atoms with Gasteiger partial charge in [-0.1, -0.05) is 23.7 Å². The number of nitrogens with zero attached hydrogens (tertiary/aromatic N) is 2. The first kappa shape index (κ1) is 14.9. The third-order valence-corrected chi connectivity index (χ3v) is 5.29. The normalized spacial score (nSPS) is 14.5. The Balaban J connectivity index is 2.24. The van der Waals surface area contributed by atoms with E-state index >= 15 is 0 Å². The number of imidazole rings is 1. The lowest BCUT2D eigenvalue weighted by atomic mass is 10.2. The molecule has 5 heteroatoms. The number of hydrogen-bond donors (Lipinski definition) is 0. The molecule has 0 fully saturated rings. The second-order valence-corrected chi connectivity index (χ2v) is 7.62. The molecule has 0 bridgehead atoms. The van der Waals surface area contributed by atoms with Crippen LogP contribution in [0, 0.1) is 6.92 Å². The van der Waals surface area contributed by atoms with Crippen LogP contribution in [0.4, 0.5) is 0 Å². The molecule has 0 radical (unpaired) electrons. The van der Waals surface area contributed by atoms with Crippen LogP contribution in [0.25, 0.3) is 11.0 Å². The average Bonchev–Trinajstić information content (AvgIpc) is 3.02. The number of aryl methyl sites for hydroxylation is 1. The van der Waals surface area contributed by atoms with E-state index in [2.05, 4.69) is 42.7 Å². The number of halogens is 2. The quantitative estimate of drug-likeness (QED) is 0.538. The van der Waals surface area contributed by atoms with E-state index in [1.54, 1.807) is 11.3 Å². The highest BCUT2D eigenvalue weighted by atomic mass is 35.5. The van der Waals surface area contributed by atoms with E-state index in [0.717, 1.165) is 21.2 Å². The molecule has 3 aromatic rings. The van der Waals surface area contributed by atoms with Gasteiger partial charge in [0.15, 0.2) is 0 Å². The maximum atomic E-state index is 6.36. The monoisotopic (exact) mass is 338 g/mol. The molecular weight excluding hydrogens is 323 g/mol. The lowest BCUT2D eigenvalue weighted by Gasteiger charge is -2.17. The van der Waals surface area contributed by atoms with Crippen molar-refractivity contribution in [2.24, 2.45) is 0 Å². The van der Waals surface area contributed by atoms with E-state index in [-0.39, 0.29) is 11.4 Å². The van der Waals surface area contributed by atoms with Crippen molar-refractivity contribution in [1.82, 2.24) is 9.55 Å². The van der Waals surface area contributed by atoms with Gasteiger partial charge in [0, 0.05) is 4.88 Å². The summed E-state index contributed by atoms with van der Waals surface area (Å²) in [5.41, 5.74) is 3.31. The molecule has 0 N–H and O–H groups in total. The first-order chi connectivity index (χ1) is 9.99. The molecule has 0 spiro atoms. The maximum Gasteiger partial charge on any atom is 0.128 e. The van der Waals surface area contributed by atoms with E-state index < -0.39 is 0 Å². The maximum absolute atomic E-state index is 6.36. The van der Waals surface area contributed by atoms with Crippen molar-refractivity contribution >= 4 is 45.6 Å². The Morgan fingerprint density at radius 2 is 1.95 bits per heavy atom. The zero-order valence-electron chi connectivity index (χ0n) is 12.1. The van der Waals surface area contributed by atoms with Crippen molar-refractivity contribution < 1.29 is 0 Å². The summed E-state index contributed by atoms with van der Waals surface area (Å²) in [7, 11) is 0. The minimum Gasteiger partial charge on any atom is -0.319 e. The van der Waals surface area contributed by atoms with Gasteiger partial charge in [-0.15, -0.1) is 22.9 Å². The van der Waals surface area contributed by atoms with Gasteiger partial charge in [-0.3, -0.25) is 0 Å². The Kier molecular flexibility index (Phi) is 4.00. The Hall–Kier alpha value is -1.03. The molecule has 2 unspecified atom stereocenters. The highest BCUT2D eigenvalue weighted by Crippen LogP contribution is 2.35. The molecule has 110 valence electrons. The molecule has 0 aliphatic carbocycles. The number of aromatic nitrogens is 2. The van der Waals surface area contributed by atoms with Crippen molar-refractivity contribution in [2.45, 2.75) is 32.2 Å².